The van der Waals surface area contributed by atoms with Crippen LogP contribution in [0.5, 0.6) is 0 Å². The lowest BCUT2D eigenvalue weighted by Gasteiger charge is -2.44. The van der Waals surface area contributed by atoms with Crippen molar-refractivity contribution in [3.05, 3.63) is 48.0 Å². The summed E-state index contributed by atoms with van der Waals surface area (Å²) >= 11 is 0. The highest BCUT2D eigenvalue weighted by atomic mass is 16.5. The topological polar surface area (TPSA) is 38.5 Å². The molecule has 0 amide bonds. The van der Waals surface area contributed by atoms with Crippen LogP contribution in [0.25, 0.3) is 10.8 Å². The van der Waals surface area contributed by atoms with Crippen molar-refractivity contribution in [1.82, 2.24) is 4.90 Å². The lowest BCUT2D eigenvalue weighted by Crippen LogP contribution is -2.55. The van der Waals surface area contributed by atoms with Gasteiger partial charge in [-0.1, -0.05) is 42.5 Å². The fourth-order valence-corrected chi connectivity index (χ4v) is 3.24. The van der Waals surface area contributed by atoms with Gasteiger partial charge in [0.1, 0.15) is 0 Å². The molecule has 0 aliphatic carbocycles. The summed E-state index contributed by atoms with van der Waals surface area (Å²) in [4.78, 5) is 2.45. The summed E-state index contributed by atoms with van der Waals surface area (Å²) in [6.45, 7) is 7.98. The minimum Gasteiger partial charge on any atom is -0.379 e. The molecule has 21 heavy (non-hydrogen) atoms. The van der Waals surface area contributed by atoms with E-state index in [9.17, 15) is 0 Å². The molecule has 3 rings (SSSR count). The molecule has 3 nitrogen and oxygen atoms in total. The molecule has 0 bridgehead atoms. The van der Waals surface area contributed by atoms with Gasteiger partial charge in [-0.15, -0.1) is 0 Å². The van der Waals surface area contributed by atoms with Crippen molar-refractivity contribution < 1.29 is 4.74 Å². The Balaban J connectivity index is 1.97. The van der Waals surface area contributed by atoms with Gasteiger partial charge in [0.15, 0.2) is 0 Å². The molecular weight excluding hydrogens is 260 g/mol. The van der Waals surface area contributed by atoms with Crippen molar-refractivity contribution in [3.63, 3.8) is 0 Å². The third-order valence-electron chi connectivity index (χ3n) is 4.75. The van der Waals surface area contributed by atoms with Crippen molar-refractivity contribution in [3.8, 4) is 0 Å². The van der Waals surface area contributed by atoms with E-state index in [1.807, 2.05) is 0 Å². The average molecular weight is 284 g/mol. The van der Waals surface area contributed by atoms with E-state index in [0.717, 1.165) is 26.3 Å². The summed E-state index contributed by atoms with van der Waals surface area (Å²) in [5.41, 5.74) is 7.82. The second-order valence-corrected chi connectivity index (χ2v) is 6.30. The van der Waals surface area contributed by atoms with Gasteiger partial charge < -0.3 is 10.5 Å². The number of fused-ring (bicyclic) bond motifs is 1. The first-order chi connectivity index (χ1) is 10.1. The van der Waals surface area contributed by atoms with Gasteiger partial charge in [0, 0.05) is 24.7 Å². The summed E-state index contributed by atoms with van der Waals surface area (Å²) in [5.74, 6) is 0. The number of hydrogen-bond acceptors (Lipinski definition) is 3. The summed E-state index contributed by atoms with van der Waals surface area (Å²) in [6, 6.07) is 14.9. The van der Waals surface area contributed by atoms with Crippen LogP contribution in [-0.2, 0) is 4.74 Å². The van der Waals surface area contributed by atoms with Gasteiger partial charge in [-0.2, -0.15) is 0 Å². The maximum absolute atomic E-state index is 6.69. The maximum Gasteiger partial charge on any atom is 0.0594 e. The number of nitrogens with two attached hydrogens (primary N) is 1. The molecule has 2 aromatic rings. The van der Waals surface area contributed by atoms with Gasteiger partial charge in [-0.3, -0.25) is 4.90 Å². The summed E-state index contributed by atoms with van der Waals surface area (Å²) < 4.78 is 5.47. The van der Waals surface area contributed by atoms with Crippen LogP contribution >= 0.6 is 0 Å². The zero-order valence-electron chi connectivity index (χ0n) is 12.9. The van der Waals surface area contributed by atoms with Crippen molar-refractivity contribution >= 4 is 10.8 Å². The number of hydrogen-bond donors (Lipinski definition) is 1. The monoisotopic (exact) mass is 284 g/mol. The zero-order valence-corrected chi connectivity index (χ0v) is 12.9. The number of ether oxygens (including phenoxy) is 1. The smallest absolute Gasteiger partial charge is 0.0594 e. The second-order valence-electron chi connectivity index (χ2n) is 6.30. The molecule has 1 unspecified atom stereocenters. The van der Waals surface area contributed by atoms with Gasteiger partial charge in [0.25, 0.3) is 0 Å². The molecule has 0 spiro atoms. The first-order valence-corrected chi connectivity index (χ1v) is 7.67. The largest absolute Gasteiger partial charge is 0.379 e. The van der Waals surface area contributed by atoms with E-state index in [1.165, 1.54) is 16.3 Å². The van der Waals surface area contributed by atoms with E-state index in [2.05, 4.69) is 61.2 Å². The van der Waals surface area contributed by atoms with Gasteiger partial charge in [-0.05, 0) is 30.2 Å². The molecule has 0 saturated carbocycles. The summed E-state index contributed by atoms with van der Waals surface area (Å²) in [5, 5.41) is 2.51. The summed E-state index contributed by atoms with van der Waals surface area (Å²) in [7, 11) is 0. The first-order valence-electron chi connectivity index (χ1n) is 7.67. The summed E-state index contributed by atoms with van der Waals surface area (Å²) in [6.07, 6.45) is 0. The van der Waals surface area contributed by atoms with Crippen LogP contribution in [0.3, 0.4) is 0 Å². The van der Waals surface area contributed by atoms with Crippen molar-refractivity contribution in [1.29, 1.82) is 0 Å². The van der Waals surface area contributed by atoms with Crippen LogP contribution in [0.4, 0.5) is 0 Å². The van der Waals surface area contributed by atoms with Gasteiger partial charge in [0.05, 0.1) is 13.2 Å². The van der Waals surface area contributed by atoms with Crippen molar-refractivity contribution in [2.45, 2.75) is 25.4 Å². The highest BCUT2D eigenvalue weighted by molar-refractivity contribution is 5.86. The molecule has 3 heteroatoms. The lowest BCUT2D eigenvalue weighted by molar-refractivity contribution is -0.0189. The van der Waals surface area contributed by atoms with Crippen molar-refractivity contribution in [2.75, 3.05) is 26.3 Å². The molecule has 1 fully saturated rings. The van der Waals surface area contributed by atoms with Crippen LogP contribution < -0.4 is 5.73 Å². The Labute approximate surface area is 126 Å². The Morgan fingerprint density at radius 2 is 1.71 bits per heavy atom. The molecule has 1 atom stereocenters. The van der Waals surface area contributed by atoms with Gasteiger partial charge >= 0.3 is 0 Å². The van der Waals surface area contributed by atoms with E-state index in [1.54, 1.807) is 0 Å². The Kier molecular flexibility index (Phi) is 3.98. The number of benzene rings is 2. The van der Waals surface area contributed by atoms with Crippen molar-refractivity contribution in [2.24, 2.45) is 5.73 Å². The molecule has 2 aromatic carbocycles. The van der Waals surface area contributed by atoms with E-state index in [-0.39, 0.29) is 11.6 Å². The maximum atomic E-state index is 6.69. The third-order valence-corrected chi connectivity index (χ3v) is 4.75. The molecule has 1 aliphatic rings. The number of nitrogens with zero attached hydrogens (tertiary/aromatic N) is 1. The third kappa shape index (κ3) is 2.69. The first kappa shape index (κ1) is 14.5. The fourth-order valence-electron chi connectivity index (χ4n) is 3.24. The number of morpholine rings is 1. The molecular formula is C18H24N2O. The fraction of sp³-hybridized carbons (Fsp3) is 0.444. The molecule has 2 N–H and O–H groups in total. The van der Waals surface area contributed by atoms with Crippen LogP contribution in [0.15, 0.2) is 42.5 Å². The number of rotatable bonds is 3. The van der Waals surface area contributed by atoms with E-state index in [0.29, 0.717) is 0 Å². The normalized spacial score (nSPS) is 18.8. The Morgan fingerprint density at radius 3 is 2.48 bits per heavy atom. The average Bonchev–Trinajstić information content (AvgIpc) is 2.54. The SMILES string of the molecule is CC(C)(C(N)c1cccc2ccccc12)N1CCOCC1. The predicted molar refractivity (Wildman–Crippen MR) is 87.3 cm³/mol. The van der Waals surface area contributed by atoms with Gasteiger partial charge in [-0.25, -0.2) is 0 Å². The zero-order chi connectivity index (χ0) is 14.9. The van der Waals surface area contributed by atoms with Crippen LogP contribution in [0.2, 0.25) is 0 Å². The molecule has 0 radical (unpaired) electrons. The Morgan fingerprint density at radius 1 is 1.05 bits per heavy atom. The Hall–Kier alpha value is -1.42. The predicted octanol–water partition coefficient (Wildman–Crippen LogP) is 2.95. The minimum atomic E-state index is -0.0894. The Bertz CT molecular complexity index is 612. The quantitative estimate of drug-likeness (QED) is 0.942. The van der Waals surface area contributed by atoms with Crippen LogP contribution in [-0.4, -0.2) is 36.7 Å². The van der Waals surface area contributed by atoms with Crippen LogP contribution in [0, 0.1) is 0 Å². The van der Waals surface area contributed by atoms with E-state index >= 15 is 0 Å². The van der Waals surface area contributed by atoms with Gasteiger partial charge in [0.2, 0.25) is 0 Å². The molecule has 0 aromatic heterocycles. The lowest BCUT2D eigenvalue weighted by atomic mass is 9.85. The molecule has 112 valence electrons. The van der Waals surface area contributed by atoms with E-state index in [4.69, 9.17) is 10.5 Å². The molecule has 1 saturated heterocycles. The second kappa shape index (κ2) is 5.76. The highest BCUT2D eigenvalue weighted by Crippen LogP contribution is 2.33. The minimum absolute atomic E-state index is 0.0262. The molecule has 1 heterocycles. The van der Waals surface area contributed by atoms with Crippen LogP contribution in [0.1, 0.15) is 25.5 Å². The molecule has 1 aliphatic heterocycles. The van der Waals surface area contributed by atoms with E-state index < -0.39 is 0 Å². The standard InChI is InChI=1S/C18H24N2O/c1-18(2,20-10-12-21-13-11-20)17(19)16-9-5-7-14-6-3-4-8-15(14)16/h3-9,17H,10-13,19H2,1-2H3. The highest BCUT2D eigenvalue weighted by Gasteiger charge is 2.35.